The lowest BCUT2D eigenvalue weighted by atomic mass is 10.0. The summed E-state index contributed by atoms with van der Waals surface area (Å²) in [6.07, 6.45) is 3.10. The van der Waals surface area contributed by atoms with Crippen LogP contribution in [0.3, 0.4) is 0 Å². The normalized spacial score (nSPS) is 19.2. The van der Waals surface area contributed by atoms with Crippen molar-refractivity contribution in [1.82, 2.24) is 14.1 Å². The van der Waals surface area contributed by atoms with Gasteiger partial charge >= 0.3 is 0 Å². The van der Waals surface area contributed by atoms with Gasteiger partial charge in [-0.25, -0.2) is 8.42 Å². The number of piperidine rings is 1. The van der Waals surface area contributed by atoms with Gasteiger partial charge in [-0.3, -0.25) is 9.80 Å². The maximum atomic E-state index is 13.2. The number of ether oxygens (including phenoxy) is 2. The fraction of sp³-hybridized carbons (Fsp3) is 0.520. The van der Waals surface area contributed by atoms with Gasteiger partial charge in [0, 0.05) is 38.3 Å². The summed E-state index contributed by atoms with van der Waals surface area (Å²) >= 11 is 0. The quantitative estimate of drug-likeness (QED) is 0.569. The number of hydrogen-bond acceptors (Lipinski definition) is 6. The minimum Gasteiger partial charge on any atom is -0.497 e. The van der Waals surface area contributed by atoms with E-state index in [9.17, 15) is 8.42 Å². The molecule has 2 aliphatic heterocycles. The molecule has 2 aromatic rings. The van der Waals surface area contributed by atoms with Crippen LogP contribution < -0.4 is 9.47 Å². The first-order chi connectivity index (χ1) is 16.0. The van der Waals surface area contributed by atoms with Crippen LogP contribution in [0.2, 0.25) is 0 Å². The van der Waals surface area contributed by atoms with E-state index in [0.29, 0.717) is 29.8 Å². The molecule has 4 rings (SSSR count). The molecule has 9 heteroatoms. The van der Waals surface area contributed by atoms with Crippen molar-refractivity contribution < 1.29 is 17.9 Å². The molecule has 0 N–H and O–H groups in total. The minimum atomic E-state index is -3.51. The first kappa shape index (κ1) is 26.8. The van der Waals surface area contributed by atoms with E-state index in [1.807, 2.05) is 12.1 Å². The van der Waals surface area contributed by atoms with Gasteiger partial charge in [-0.1, -0.05) is 18.2 Å². The highest BCUT2D eigenvalue weighted by Crippen LogP contribution is 2.24. The molecule has 0 aromatic heterocycles. The van der Waals surface area contributed by atoms with Crippen LogP contribution in [0.1, 0.15) is 24.8 Å². The second kappa shape index (κ2) is 12.2. The Labute approximate surface area is 210 Å². The zero-order chi connectivity index (χ0) is 23.3. The Balaban J connectivity index is 0.00000324. The van der Waals surface area contributed by atoms with E-state index in [-0.39, 0.29) is 12.4 Å². The molecule has 0 spiro atoms. The largest absolute Gasteiger partial charge is 0.497 e. The standard InChI is InChI=1S/C25H35N3O4S.ClH/c1-31-23-9-7-21(8-10-23)20-26-15-11-22(12-16-26)27-13-4-14-28(18-17-27)33(29,30)25-6-3-5-24(19-25)32-2;/h3,5-10,19,22H,4,11-18,20H2,1-2H3;1H. The molecule has 2 saturated heterocycles. The van der Waals surface area contributed by atoms with Crippen molar-refractivity contribution in [2.24, 2.45) is 0 Å². The topological polar surface area (TPSA) is 62.3 Å². The van der Waals surface area contributed by atoms with Crippen molar-refractivity contribution in [3.63, 3.8) is 0 Å². The molecule has 2 aliphatic rings. The molecular weight excluding hydrogens is 474 g/mol. The predicted octanol–water partition coefficient (Wildman–Crippen LogP) is 3.49. The smallest absolute Gasteiger partial charge is 0.243 e. The van der Waals surface area contributed by atoms with Gasteiger partial charge in [-0.15, -0.1) is 12.4 Å². The Morgan fingerprint density at radius 3 is 2.24 bits per heavy atom. The second-order valence-corrected chi connectivity index (χ2v) is 10.8. The number of sulfonamides is 1. The number of halogens is 1. The van der Waals surface area contributed by atoms with Gasteiger partial charge in [0.25, 0.3) is 0 Å². The Bertz CT molecular complexity index is 1010. The summed E-state index contributed by atoms with van der Waals surface area (Å²) in [6.45, 7) is 5.93. The van der Waals surface area contributed by atoms with Crippen LogP contribution in [0.4, 0.5) is 0 Å². The molecule has 0 unspecified atom stereocenters. The number of methoxy groups -OCH3 is 2. The highest BCUT2D eigenvalue weighted by Gasteiger charge is 2.30. The van der Waals surface area contributed by atoms with Gasteiger partial charge in [0.1, 0.15) is 11.5 Å². The maximum absolute atomic E-state index is 13.2. The van der Waals surface area contributed by atoms with Gasteiger partial charge in [0.2, 0.25) is 10.0 Å². The second-order valence-electron chi connectivity index (χ2n) is 8.83. The average molecular weight is 510 g/mol. The van der Waals surface area contributed by atoms with E-state index in [1.165, 1.54) is 5.56 Å². The first-order valence-electron chi connectivity index (χ1n) is 11.7. The molecular formula is C25H36ClN3O4S. The van der Waals surface area contributed by atoms with Gasteiger partial charge in [0.15, 0.2) is 0 Å². The lowest BCUT2D eigenvalue weighted by molar-refractivity contribution is 0.108. The monoisotopic (exact) mass is 509 g/mol. The van der Waals surface area contributed by atoms with Crippen LogP contribution >= 0.6 is 12.4 Å². The van der Waals surface area contributed by atoms with Crippen molar-refractivity contribution in [3.05, 3.63) is 54.1 Å². The van der Waals surface area contributed by atoms with Gasteiger partial charge in [0.05, 0.1) is 19.1 Å². The van der Waals surface area contributed by atoms with Crippen molar-refractivity contribution in [1.29, 1.82) is 0 Å². The average Bonchev–Trinajstić information content (AvgIpc) is 3.12. The summed E-state index contributed by atoms with van der Waals surface area (Å²) in [5.74, 6) is 1.45. The molecule has 0 amide bonds. The van der Waals surface area contributed by atoms with Crippen LogP contribution in [0.5, 0.6) is 11.5 Å². The molecule has 0 bridgehead atoms. The molecule has 0 aliphatic carbocycles. The van der Waals surface area contributed by atoms with Crippen LogP contribution in [0.25, 0.3) is 0 Å². The molecule has 2 heterocycles. The van der Waals surface area contributed by atoms with Crippen LogP contribution in [0.15, 0.2) is 53.4 Å². The Kier molecular flexibility index (Phi) is 9.62. The van der Waals surface area contributed by atoms with E-state index in [2.05, 4.69) is 21.9 Å². The van der Waals surface area contributed by atoms with Gasteiger partial charge in [-0.05, 0) is 68.7 Å². The summed E-state index contributed by atoms with van der Waals surface area (Å²) in [6, 6.07) is 15.6. The molecule has 34 heavy (non-hydrogen) atoms. The summed E-state index contributed by atoms with van der Waals surface area (Å²) in [5.41, 5.74) is 1.31. The van der Waals surface area contributed by atoms with Crippen molar-refractivity contribution in [2.45, 2.75) is 36.7 Å². The zero-order valence-electron chi connectivity index (χ0n) is 20.1. The Morgan fingerprint density at radius 2 is 1.56 bits per heavy atom. The Hall–Kier alpha value is -1.84. The molecule has 0 radical (unpaired) electrons. The molecule has 0 atom stereocenters. The molecule has 188 valence electrons. The molecule has 7 nitrogen and oxygen atoms in total. The zero-order valence-corrected chi connectivity index (χ0v) is 21.7. The van der Waals surface area contributed by atoms with E-state index in [0.717, 1.165) is 57.7 Å². The molecule has 2 aromatic carbocycles. The fourth-order valence-electron chi connectivity index (χ4n) is 4.86. The number of likely N-dealkylation sites (tertiary alicyclic amines) is 1. The fourth-order valence-corrected chi connectivity index (χ4v) is 6.37. The van der Waals surface area contributed by atoms with Crippen LogP contribution in [0, 0.1) is 0 Å². The third-order valence-electron chi connectivity index (χ3n) is 6.81. The van der Waals surface area contributed by atoms with Crippen LogP contribution in [-0.2, 0) is 16.6 Å². The van der Waals surface area contributed by atoms with Gasteiger partial charge < -0.3 is 9.47 Å². The third-order valence-corrected chi connectivity index (χ3v) is 8.70. The number of nitrogens with zero attached hydrogens (tertiary/aromatic N) is 3. The SMILES string of the molecule is COc1ccc(CN2CCC(N3CCCN(S(=O)(=O)c4cccc(OC)c4)CC3)CC2)cc1.Cl. The minimum absolute atomic E-state index is 0. The lowest BCUT2D eigenvalue weighted by Gasteiger charge is -2.38. The summed E-state index contributed by atoms with van der Waals surface area (Å²) in [7, 11) is -0.267. The maximum Gasteiger partial charge on any atom is 0.243 e. The number of benzene rings is 2. The molecule has 2 fully saturated rings. The predicted molar refractivity (Wildman–Crippen MR) is 136 cm³/mol. The number of hydrogen-bond donors (Lipinski definition) is 0. The van der Waals surface area contributed by atoms with E-state index >= 15 is 0 Å². The lowest BCUT2D eigenvalue weighted by Crippen LogP contribution is -2.46. The third kappa shape index (κ3) is 6.43. The van der Waals surface area contributed by atoms with E-state index < -0.39 is 10.0 Å². The van der Waals surface area contributed by atoms with Gasteiger partial charge in [-0.2, -0.15) is 4.31 Å². The van der Waals surface area contributed by atoms with Crippen molar-refractivity contribution >= 4 is 22.4 Å². The van der Waals surface area contributed by atoms with E-state index in [1.54, 1.807) is 42.8 Å². The van der Waals surface area contributed by atoms with Crippen LogP contribution in [-0.4, -0.2) is 82.1 Å². The Morgan fingerprint density at radius 1 is 0.853 bits per heavy atom. The number of rotatable bonds is 7. The highest BCUT2D eigenvalue weighted by atomic mass is 35.5. The van der Waals surface area contributed by atoms with Crippen molar-refractivity contribution in [2.75, 3.05) is 53.5 Å². The van der Waals surface area contributed by atoms with E-state index in [4.69, 9.17) is 9.47 Å². The highest BCUT2D eigenvalue weighted by molar-refractivity contribution is 7.89. The molecule has 0 saturated carbocycles. The first-order valence-corrected chi connectivity index (χ1v) is 13.2. The summed E-state index contributed by atoms with van der Waals surface area (Å²) < 4.78 is 38.5. The summed E-state index contributed by atoms with van der Waals surface area (Å²) in [4.78, 5) is 5.32. The van der Waals surface area contributed by atoms with Crippen molar-refractivity contribution in [3.8, 4) is 11.5 Å². The summed E-state index contributed by atoms with van der Waals surface area (Å²) in [5, 5.41) is 0.